The van der Waals surface area contributed by atoms with E-state index >= 15 is 4.39 Å². The van der Waals surface area contributed by atoms with Gasteiger partial charge in [-0.25, -0.2) is 8.97 Å². The second kappa shape index (κ2) is 8.34. The van der Waals surface area contributed by atoms with Crippen molar-refractivity contribution >= 4 is 37.4 Å². The van der Waals surface area contributed by atoms with Crippen molar-refractivity contribution in [1.29, 1.82) is 0 Å². The third kappa shape index (κ3) is 3.88. The molecule has 12 heteroatoms. The number of aryl methyl sites for hydroxylation is 1. The summed E-state index contributed by atoms with van der Waals surface area (Å²) in [4.78, 5) is -1.46. The van der Waals surface area contributed by atoms with Crippen LogP contribution in [0.15, 0.2) is 46.2 Å². The number of hydrogen-bond acceptors (Lipinski definition) is 5. The van der Waals surface area contributed by atoms with Crippen molar-refractivity contribution < 1.29 is 35.1 Å². The molecule has 0 radical (unpaired) electrons. The maximum atomic E-state index is 15.3. The van der Waals surface area contributed by atoms with E-state index in [4.69, 9.17) is 16.3 Å². The number of fused-ring (bicyclic) bond motifs is 3. The molecule has 3 aromatic rings. The van der Waals surface area contributed by atoms with Crippen molar-refractivity contribution in [3.05, 3.63) is 80.1 Å². The average Bonchev–Trinajstić information content (AvgIpc) is 2.84. The summed E-state index contributed by atoms with van der Waals surface area (Å²) in [7, 11) is -9.77. The van der Waals surface area contributed by atoms with Crippen molar-refractivity contribution in [3.8, 4) is 11.5 Å². The lowest BCUT2D eigenvalue weighted by Crippen LogP contribution is -2.45. The van der Waals surface area contributed by atoms with Gasteiger partial charge in [-0.1, -0.05) is 17.7 Å². The van der Waals surface area contributed by atoms with Crippen LogP contribution in [0.2, 0.25) is 5.02 Å². The Balaban J connectivity index is 1.82. The van der Waals surface area contributed by atoms with Crippen LogP contribution in [0.4, 0.5) is 4.39 Å². The van der Waals surface area contributed by atoms with Crippen molar-refractivity contribution in [2.45, 2.75) is 35.5 Å². The molecule has 2 N–H and O–H groups in total. The third-order valence-corrected chi connectivity index (χ3v) is 9.10. The second-order valence-corrected chi connectivity index (χ2v) is 12.5. The minimum atomic E-state index is -4.98. The zero-order valence-corrected chi connectivity index (χ0v) is 21.6. The average molecular weight is 565 g/mol. The van der Waals surface area contributed by atoms with Crippen LogP contribution >= 0.6 is 11.6 Å². The molecule has 3 aliphatic rings. The smallest absolute Gasteiger partial charge is 0.295 e. The fraction of sp³-hybridized carbons (Fsp3) is 0.240. The van der Waals surface area contributed by atoms with Gasteiger partial charge in [0.1, 0.15) is 23.7 Å². The van der Waals surface area contributed by atoms with E-state index in [-0.39, 0.29) is 27.5 Å². The number of nitrogens with zero attached hydrogens (tertiary/aromatic N) is 1. The maximum absolute atomic E-state index is 15.3. The van der Waals surface area contributed by atoms with E-state index in [0.717, 1.165) is 54.9 Å². The SMILES string of the molecule is O=S(=O)(O)c1ccc(C2=c3cc4c5c(c3Oc3c2ccc(Cl)c3F)CCC[N+]=5CCC4)c(S(=O)(=O)O)c1. The molecule has 0 bridgehead atoms. The number of halogens is 2. The molecule has 8 nitrogen and oxygen atoms in total. The van der Waals surface area contributed by atoms with Crippen molar-refractivity contribution in [1.82, 2.24) is 4.58 Å². The Morgan fingerprint density at radius 2 is 1.59 bits per heavy atom. The molecule has 37 heavy (non-hydrogen) atoms. The van der Waals surface area contributed by atoms with Gasteiger partial charge in [-0.05, 0) is 43.2 Å². The number of hydrogen-bond donors (Lipinski definition) is 2. The van der Waals surface area contributed by atoms with E-state index in [1.165, 1.54) is 18.2 Å². The van der Waals surface area contributed by atoms with Crippen molar-refractivity contribution in [2.24, 2.45) is 0 Å². The van der Waals surface area contributed by atoms with E-state index in [9.17, 15) is 25.9 Å². The van der Waals surface area contributed by atoms with Gasteiger partial charge < -0.3 is 4.74 Å². The Hall–Kier alpha value is -2.83. The van der Waals surface area contributed by atoms with E-state index in [2.05, 4.69) is 4.58 Å². The largest absolute Gasteiger partial charge is 0.452 e. The first kappa shape index (κ1) is 24.5. The monoisotopic (exact) mass is 564 g/mol. The molecule has 0 amide bonds. The van der Waals surface area contributed by atoms with Crippen LogP contribution in [-0.2, 0) is 33.1 Å². The Labute approximate surface area is 216 Å². The molecule has 0 aliphatic carbocycles. The first-order chi connectivity index (χ1) is 17.4. The Kier molecular flexibility index (Phi) is 5.52. The molecule has 0 atom stereocenters. The van der Waals surface area contributed by atoms with E-state index in [1.807, 2.05) is 6.07 Å². The molecule has 3 heterocycles. The van der Waals surface area contributed by atoms with Crippen molar-refractivity contribution in [3.63, 3.8) is 0 Å². The Bertz CT molecular complexity index is 1880. The van der Waals surface area contributed by atoms with Gasteiger partial charge >= 0.3 is 0 Å². The predicted octanol–water partition coefficient (Wildman–Crippen LogP) is 2.71. The quantitative estimate of drug-likeness (QED) is 0.290. The molecule has 6 rings (SSSR count). The third-order valence-electron chi connectivity index (χ3n) is 7.06. The normalized spacial score (nSPS) is 16.5. The summed E-state index contributed by atoms with van der Waals surface area (Å²) in [6.45, 7) is 1.77. The van der Waals surface area contributed by atoms with Gasteiger partial charge in [-0.15, -0.1) is 0 Å². The molecule has 0 saturated carbocycles. The minimum absolute atomic E-state index is 0.0713. The molecule has 0 spiro atoms. The standard InChI is InChI=1S/C25H19ClFNO7S2/c26-19-8-7-16-21(15-6-5-14(36(29,30)31)12-20(15)37(32,33)34)18-11-13-3-1-9-28-10-2-4-17(23(13)28)24(18)35-25(16)22(19)27/h5-8,11-12H,1-4,9-10H2,(H-,29,30,31,32,33,34)/p+1. The zero-order chi connectivity index (χ0) is 26.3. The van der Waals surface area contributed by atoms with E-state index < -0.39 is 35.8 Å². The summed E-state index contributed by atoms with van der Waals surface area (Å²) in [5.41, 5.74) is 2.28. The van der Waals surface area contributed by atoms with Crippen LogP contribution in [-0.4, -0.2) is 39.0 Å². The summed E-state index contributed by atoms with van der Waals surface area (Å²) in [5, 5.41) is 1.35. The summed E-state index contributed by atoms with van der Waals surface area (Å²) < 4.78 is 91.7. The molecule has 0 unspecified atom stereocenters. The van der Waals surface area contributed by atoms with Gasteiger partial charge in [-0.3, -0.25) is 9.11 Å². The lowest BCUT2D eigenvalue weighted by atomic mass is 9.87. The van der Waals surface area contributed by atoms with Crippen LogP contribution in [0, 0.1) is 5.82 Å². The van der Waals surface area contributed by atoms with Crippen LogP contribution in [0.1, 0.15) is 35.1 Å². The highest BCUT2D eigenvalue weighted by Crippen LogP contribution is 2.43. The molecular weight excluding hydrogens is 545 g/mol. The highest BCUT2D eigenvalue weighted by molar-refractivity contribution is 7.86. The minimum Gasteiger partial charge on any atom is -0.452 e. The van der Waals surface area contributed by atoms with Gasteiger partial charge in [0.15, 0.2) is 11.6 Å². The van der Waals surface area contributed by atoms with Crippen LogP contribution in [0.25, 0.3) is 5.57 Å². The molecule has 0 aromatic heterocycles. The number of benzene rings is 3. The summed E-state index contributed by atoms with van der Waals surface area (Å²) in [6.07, 6.45) is 3.24. The van der Waals surface area contributed by atoms with E-state index in [0.29, 0.717) is 23.5 Å². The highest BCUT2D eigenvalue weighted by atomic mass is 35.5. The van der Waals surface area contributed by atoms with Gasteiger partial charge in [0.25, 0.3) is 20.2 Å². The second-order valence-electron chi connectivity index (χ2n) is 9.26. The highest BCUT2D eigenvalue weighted by Gasteiger charge is 2.34. The summed E-state index contributed by atoms with van der Waals surface area (Å²) in [6, 6.07) is 7.57. The van der Waals surface area contributed by atoms with Gasteiger partial charge in [0.05, 0.1) is 15.5 Å². The molecule has 3 aromatic carbocycles. The van der Waals surface area contributed by atoms with Crippen LogP contribution in [0.5, 0.6) is 11.5 Å². The number of rotatable bonds is 3. The van der Waals surface area contributed by atoms with Gasteiger partial charge in [0, 0.05) is 40.3 Å². The van der Waals surface area contributed by atoms with Crippen molar-refractivity contribution in [2.75, 3.05) is 13.1 Å². The van der Waals surface area contributed by atoms with E-state index in [1.54, 1.807) is 0 Å². The van der Waals surface area contributed by atoms with Gasteiger partial charge in [-0.2, -0.15) is 16.8 Å². The molecule has 0 saturated heterocycles. The summed E-state index contributed by atoms with van der Waals surface area (Å²) >= 11 is 6.06. The zero-order valence-electron chi connectivity index (χ0n) is 19.2. The lowest BCUT2D eigenvalue weighted by molar-refractivity contribution is 0.414. The van der Waals surface area contributed by atoms with Crippen LogP contribution < -0.4 is 19.9 Å². The summed E-state index contributed by atoms with van der Waals surface area (Å²) in [5.74, 6) is -0.656. The predicted molar refractivity (Wildman–Crippen MR) is 132 cm³/mol. The fourth-order valence-electron chi connectivity index (χ4n) is 5.58. The molecule has 192 valence electrons. The topological polar surface area (TPSA) is 121 Å². The Morgan fingerprint density at radius 3 is 2.30 bits per heavy atom. The van der Waals surface area contributed by atoms with Crippen LogP contribution in [0.3, 0.4) is 0 Å². The first-order valence-electron chi connectivity index (χ1n) is 11.5. The lowest BCUT2D eigenvalue weighted by Gasteiger charge is -2.27. The fourth-order valence-corrected chi connectivity index (χ4v) is 7.04. The Morgan fingerprint density at radius 1 is 0.892 bits per heavy atom. The maximum Gasteiger partial charge on any atom is 0.295 e. The van der Waals surface area contributed by atoms with Gasteiger partial charge in [0.2, 0.25) is 5.36 Å². The first-order valence-corrected chi connectivity index (χ1v) is 14.8. The molecule has 3 aliphatic heterocycles. The number of ether oxygens (including phenoxy) is 1. The molecule has 0 fully saturated rings. The molecular formula is C25H20ClFNO7S2+.